The number of fused-ring (bicyclic) bond motifs is 7. The van der Waals surface area contributed by atoms with Crippen LogP contribution in [0.5, 0.6) is 0 Å². The number of ketones is 1. The third-order valence-corrected chi connectivity index (χ3v) is 14.3. The van der Waals surface area contributed by atoms with Crippen molar-refractivity contribution in [2.75, 3.05) is 19.8 Å². The first-order valence-corrected chi connectivity index (χ1v) is 15.9. The maximum Gasteiger partial charge on any atom is 0.312 e. The molecular formula is C34H55NO5. The summed E-state index contributed by atoms with van der Waals surface area (Å²) in [5.74, 6) is 2.11. The summed E-state index contributed by atoms with van der Waals surface area (Å²) in [5, 5.41) is 19.4. The number of Topliss-reactive ketones (excluding diaryl/α,β-unsaturated/α-hetero) is 1. The Morgan fingerprint density at radius 1 is 0.950 bits per heavy atom. The molecule has 0 aromatic rings. The number of carbonyl (C=O) groups excluding carboxylic acids is 2. The SMILES string of the molecule is C=C(C)[C@@H]1CC[C@]2(C(=O)OCC(N)(CO)CO)CC[C@]3(C)[C@H](CC[C@@H]4[C@@]5(C)CCC(=O)C(C)(C)[C@@H]5CC[C@]43C)[C@@H]12. The van der Waals surface area contributed by atoms with Crippen LogP contribution in [0.2, 0.25) is 0 Å². The Kier molecular flexibility index (Phi) is 7.28. The molecule has 40 heavy (non-hydrogen) atoms. The highest BCUT2D eigenvalue weighted by Crippen LogP contribution is 2.77. The van der Waals surface area contributed by atoms with Crippen molar-refractivity contribution in [3.05, 3.63) is 12.2 Å². The monoisotopic (exact) mass is 557 g/mol. The van der Waals surface area contributed by atoms with Crippen molar-refractivity contribution in [2.45, 2.75) is 111 Å². The average Bonchev–Trinajstić information content (AvgIpc) is 3.31. The zero-order valence-corrected chi connectivity index (χ0v) is 26.0. The van der Waals surface area contributed by atoms with Gasteiger partial charge in [0.1, 0.15) is 12.4 Å². The second-order valence-electron chi connectivity index (χ2n) is 16.2. The molecule has 9 atom stereocenters. The number of ether oxygens (including phenoxy) is 1. The molecular weight excluding hydrogens is 502 g/mol. The van der Waals surface area contributed by atoms with E-state index in [4.69, 9.17) is 10.5 Å². The zero-order valence-electron chi connectivity index (χ0n) is 26.0. The van der Waals surface area contributed by atoms with Gasteiger partial charge in [0.05, 0.1) is 24.2 Å². The fourth-order valence-electron chi connectivity index (χ4n) is 11.8. The largest absolute Gasteiger partial charge is 0.463 e. The van der Waals surface area contributed by atoms with Gasteiger partial charge in [-0.1, -0.05) is 46.8 Å². The quantitative estimate of drug-likeness (QED) is 0.296. The van der Waals surface area contributed by atoms with E-state index in [0.717, 1.165) is 57.8 Å². The molecule has 5 fully saturated rings. The van der Waals surface area contributed by atoms with E-state index in [-0.39, 0.29) is 46.1 Å². The molecule has 0 heterocycles. The molecule has 0 amide bonds. The van der Waals surface area contributed by atoms with E-state index in [1.165, 1.54) is 5.57 Å². The minimum absolute atomic E-state index is 0.0931. The maximum atomic E-state index is 14.0. The number of nitrogens with two attached hydrogens (primary N) is 1. The standard InChI is InChI=1S/C34H55NO5/c1-21(2)22-10-15-34(28(39)40-20-33(35,18-36)19-37)17-16-31(6)23(27(22)34)8-9-25-30(5)13-12-26(38)29(3,4)24(30)11-14-32(25,31)7/h22-25,27,36-37H,1,8-20,35H2,2-7H3/t22-,23+,24-,25+,27+,30-,31+,32+,34-/m0/s1. The van der Waals surface area contributed by atoms with Crippen molar-refractivity contribution < 1.29 is 24.5 Å². The minimum Gasteiger partial charge on any atom is -0.463 e. The summed E-state index contributed by atoms with van der Waals surface area (Å²) >= 11 is 0. The predicted molar refractivity (Wildman–Crippen MR) is 156 cm³/mol. The van der Waals surface area contributed by atoms with Crippen LogP contribution in [-0.4, -0.2) is 47.3 Å². The number of hydrogen-bond donors (Lipinski definition) is 3. The molecule has 0 spiro atoms. The second-order valence-corrected chi connectivity index (χ2v) is 16.2. The lowest BCUT2D eigenvalue weighted by Crippen LogP contribution is -2.66. The highest BCUT2D eigenvalue weighted by Gasteiger charge is 2.72. The Morgan fingerprint density at radius 2 is 1.62 bits per heavy atom. The van der Waals surface area contributed by atoms with Crippen LogP contribution in [0, 0.1) is 56.7 Å². The first-order valence-electron chi connectivity index (χ1n) is 15.9. The summed E-state index contributed by atoms with van der Waals surface area (Å²) in [6.07, 6.45) is 9.76. The van der Waals surface area contributed by atoms with Gasteiger partial charge in [-0.05, 0) is 111 Å². The molecule has 6 heteroatoms. The summed E-state index contributed by atoms with van der Waals surface area (Å²) in [6, 6.07) is 0. The van der Waals surface area contributed by atoms with Crippen molar-refractivity contribution in [2.24, 2.45) is 62.4 Å². The zero-order chi connectivity index (χ0) is 29.5. The van der Waals surface area contributed by atoms with Gasteiger partial charge in [-0.2, -0.15) is 0 Å². The highest BCUT2D eigenvalue weighted by molar-refractivity contribution is 5.85. The van der Waals surface area contributed by atoms with E-state index in [1.54, 1.807) is 0 Å². The van der Waals surface area contributed by atoms with Gasteiger partial charge in [0.15, 0.2) is 0 Å². The number of esters is 1. The van der Waals surface area contributed by atoms with E-state index in [2.05, 4.69) is 48.1 Å². The number of aliphatic hydroxyl groups excluding tert-OH is 2. The van der Waals surface area contributed by atoms with Gasteiger partial charge >= 0.3 is 5.97 Å². The van der Waals surface area contributed by atoms with Crippen molar-refractivity contribution in [1.82, 2.24) is 0 Å². The molecule has 0 bridgehead atoms. The Labute approximate surface area is 241 Å². The number of carbonyl (C=O) groups is 2. The molecule has 6 nitrogen and oxygen atoms in total. The van der Waals surface area contributed by atoms with Crippen LogP contribution in [0.25, 0.3) is 0 Å². The van der Waals surface area contributed by atoms with Gasteiger partial charge in [-0.3, -0.25) is 9.59 Å². The normalized spacial score (nSPS) is 46.0. The van der Waals surface area contributed by atoms with Crippen LogP contribution in [0.1, 0.15) is 106 Å². The summed E-state index contributed by atoms with van der Waals surface area (Å²) in [5.41, 5.74) is 5.50. The van der Waals surface area contributed by atoms with Crippen LogP contribution in [-0.2, 0) is 14.3 Å². The lowest BCUT2D eigenvalue weighted by Gasteiger charge is -2.72. The number of hydrogen-bond acceptors (Lipinski definition) is 6. The van der Waals surface area contributed by atoms with Crippen LogP contribution < -0.4 is 5.73 Å². The first-order chi connectivity index (χ1) is 18.6. The summed E-state index contributed by atoms with van der Waals surface area (Å²) in [4.78, 5) is 27.1. The smallest absolute Gasteiger partial charge is 0.312 e. The van der Waals surface area contributed by atoms with E-state index < -0.39 is 24.2 Å². The fraction of sp³-hybridized carbons (Fsp3) is 0.882. The van der Waals surface area contributed by atoms with Gasteiger partial charge < -0.3 is 20.7 Å². The van der Waals surface area contributed by atoms with Crippen molar-refractivity contribution in [3.63, 3.8) is 0 Å². The molecule has 0 aromatic heterocycles. The molecule has 5 saturated carbocycles. The molecule has 0 aliphatic heterocycles. The Morgan fingerprint density at radius 3 is 2.25 bits per heavy atom. The molecule has 0 aromatic carbocycles. The molecule has 0 radical (unpaired) electrons. The lowest BCUT2D eigenvalue weighted by atomic mass is 9.32. The van der Waals surface area contributed by atoms with Crippen molar-refractivity contribution in [1.29, 1.82) is 0 Å². The number of rotatable bonds is 6. The van der Waals surface area contributed by atoms with E-state index >= 15 is 0 Å². The molecule has 4 N–H and O–H groups in total. The average molecular weight is 558 g/mol. The van der Waals surface area contributed by atoms with E-state index in [1.807, 2.05) is 0 Å². The van der Waals surface area contributed by atoms with Gasteiger partial charge in [-0.15, -0.1) is 0 Å². The van der Waals surface area contributed by atoms with Crippen LogP contribution >= 0.6 is 0 Å². The summed E-state index contributed by atoms with van der Waals surface area (Å²) in [6.45, 7) is 17.5. The van der Waals surface area contributed by atoms with Gasteiger partial charge in [0.25, 0.3) is 0 Å². The maximum absolute atomic E-state index is 14.0. The van der Waals surface area contributed by atoms with Crippen LogP contribution in [0.15, 0.2) is 12.2 Å². The molecule has 5 aliphatic carbocycles. The van der Waals surface area contributed by atoms with Crippen LogP contribution in [0.3, 0.4) is 0 Å². The van der Waals surface area contributed by atoms with Gasteiger partial charge in [-0.25, -0.2) is 0 Å². The molecule has 0 saturated heterocycles. The van der Waals surface area contributed by atoms with E-state index in [0.29, 0.717) is 30.0 Å². The first kappa shape index (κ1) is 30.2. The third kappa shape index (κ3) is 3.90. The molecule has 5 aliphatic rings. The summed E-state index contributed by atoms with van der Waals surface area (Å²) in [7, 11) is 0. The number of allylic oxidation sites excluding steroid dienone is 1. The molecule has 5 rings (SSSR count). The Bertz CT molecular complexity index is 1060. The van der Waals surface area contributed by atoms with Crippen molar-refractivity contribution >= 4 is 11.8 Å². The second kappa shape index (κ2) is 9.64. The van der Waals surface area contributed by atoms with Crippen LogP contribution in [0.4, 0.5) is 0 Å². The lowest BCUT2D eigenvalue weighted by molar-refractivity contribution is -0.236. The fourth-order valence-corrected chi connectivity index (χ4v) is 11.8. The summed E-state index contributed by atoms with van der Waals surface area (Å²) < 4.78 is 5.88. The van der Waals surface area contributed by atoms with Gasteiger partial charge in [0.2, 0.25) is 0 Å². The molecule has 226 valence electrons. The third-order valence-electron chi connectivity index (χ3n) is 14.3. The van der Waals surface area contributed by atoms with Crippen molar-refractivity contribution in [3.8, 4) is 0 Å². The topological polar surface area (TPSA) is 110 Å². The molecule has 0 unspecified atom stereocenters. The van der Waals surface area contributed by atoms with Gasteiger partial charge in [0, 0.05) is 11.8 Å². The van der Waals surface area contributed by atoms with E-state index in [9.17, 15) is 19.8 Å². The number of aliphatic hydroxyl groups is 2. The predicted octanol–water partition coefficient (Wildman–Crippen LogP) is 5.44. The Balaban J connectivity index is 1.50. The highest BCUT2D eigenvalue weighted by atomic mass is 16.5. The Hall–Kier alpha value is -1.24. The minimum atomic E-state index is -1.33.